The van der Waals surface area contributed by atoms with Crippen LogP contribution in [0.5, 0.6) is 5.75 Å². The highest BCUT2D eigenvalue weighted by molar-refractivity contribution is 6.04. The molecular weight excluding hydrogens is 399 g/mol. The van der Waals surface area contributed by atoms with Crippen molar-refractivity contribution in [1.29, 1.82) is 0 Å². The fourth-order valence-electron chi connectivity index (χ4n) is 3.10. The quantitative estimate of drug-likeness (QED) is 0.526. The second-order valence-electron chi connectivity index (χ2n) is 6.85. The first kappa shape index (κ1) is 20.1. The Labute approximate surface area is 179 Å². The number of aromatic nitrogens is 5. The third-order valence-corrected chi connectivity index (χ3v) is 4.81. The molecule has 0 aliphatic rings. The summed E-state index contributed by atoms with van der Waals surface area (Å²) >= 11 is 0. The minimum Gasteiger partial charge on any atom is -0.496 e. The Morgan fingerprint density at radius 3 is 2.65 bits per heavy atom. The maximum absolute atomic E-state index is 13.7. The van der Waals surface area contributed by atoms with Crippen LogP contribution >= 0.6 is 0 Å². The van der Waals surface area contributed by atoms with E-state index in [0.29, 0.717) is 11.4 Å². The molecule has 0 aliphatic heterocycles. The molecule has 0 bridgehead atoms. The number of nitrogens with one attached hydrogen (secondary N) is 1. The van der Waals surface area contributed by atoms with Crippen LogP contribution in [0.4, 0.5) is 10.2 Å². The van der Waals surface area contributed by atoms with E-state index in [0.717, 1.165) is 22.9 Å². The third-order valence-electron chi connectivity index (χ3n) is 4.81. The molecule has 0 fully saturated rings. The number of hydrogen-bond acceptors (Lipinski definition) is 6. The number of ether oxygens (including phenoxy) is 1. The van der Waals surface area contributed by atoms with Gasteiger partial charge < -0.3 is 10.1 Å². The number of anilines is 1. The van der Waals surface area contributed by atoms with Gasteiger partial charge in [0.15, 0.2) is 5.82 Å². The first-order valence-electron chi connectivity index (χ1n) is 9.37. The Bertz CT molecular complexity index is 1260. The molecule has 1 aromatic carbocycles. The van der Waals surface area contributed by atoms with Crippen LogP contribution in [0.2, 0.25) is 0 Å². The molecule has 4 rings (SSSR count). The maximum Gasteiger partial charge on any atom is 0.258 e. The molecule has 4 aromatic rings. The van der Waals surface area contributed by atoms with Crippen LogP contribution in [-0.4, -0.2) is 37.7 Å². The largest absolute Gasteiger partial charge is 0.496 e. The number of benzene rings is 1. The van der Waals surface area contributed by atoms with E-state index in [9.17, 15) is 9.18 Å². The number of hydrogen-bond donors (Lipinski definition) is 1. The van der Waals surface area contributed by atoms with Crippen molar-refractivity contribution in [3.8, 4) is 28.1 Å². The summed E-state index contributed by atoms with van der Waals surface area (Å²) < 4.78 is 20.9. The van der Waals surface area contributed by atoms with Gasteiger partial charge in [-0.25, -0.2) is 9.37 Å². The predicted octanol–water partition coefficient (Wildman–Crippen LogP) is 3.89. The number of pyridine rings is 1. The van der Waals surface area contributed by atoms with E-state index in [4.69, 9.17) is 4.74 Å². The molecule has 0 radical (unpaired) electrons. The van der Waals surface area contributed by atoms with Gasteiger partial charge in [-0.15, -0.1) is 0 Å². The van der Waals surface area contributed by atoms with Crippen LogP contribution in [0.3, 0.4) is 0 Å². The lowest BCUT2D eigenvalue weighted by molar-refractivity contribution is 0.102. The standard InChI is InChI=1S/C22H19FN6O2.H2/c1-13-17(8-24-9-18(13)23)22(30)28-21-11-25-19(10-26-21)16-6-14(4-5-20(16)31-3)15-7-27-29(2)12-15;/h4-12H,1-3H3,(H,26,28,30);1H. The van der Waals surface area contributed by atoms with E-state index in [1.54, 1.807) is 18.0 Å². The normalized spacial score (nSPS) is 10.7. The first-order valence-corrected chi connectivity index (χ1v) is 9.37. The second kappa shape index (κ2) is 8.31. The highest BCUT2D eigenvalue weighted by atomic mass is 19.1. The summed E-state index contributed by atoms with van der Waals surface area (Å²) in [7, 11) is 3.44. The highest BCUT2D eigenvalue weighted by Gasteiger charge is 2.15. The molecule has 1 N–H and O–H groups in total. The topological polar surface area (TPSA) is 94.8 Å². The molecule has 0 saturated carbocycles. The van der Waals surface area contributed by atoms with Crippen LogP contribution in [0.15, 0.2) is 55.4 Å². The maximum atomic E-state index is 13.7. The van der Waals surface area contributed by atoms with Crippen molar-refractivity contribution < 1.29 is 15.3 Å². The zero-order chi connectivity index (χ0) is 22.0. The van der Waals surface area contributed by atoms with Gasteiger partial charge in [-0.2, -0.15) is 5.10 Å². The number of methoxy groups -OCH3 is 1. The van der Waals surface area contributed by atoms with Gasteiger partial charge >= 0.3 is 0 Å². The fraction of sp³-hybridized carbons (Fsp3) is 0.136. The van der Waals surface area contributed by atoms with E-state index in [1.165, 1.54) is 25.5 Å². The Hall–Kier alpha value is -4.14. The van der Waals surface area contributed by atoms with Crippen LogP contribution in [0, 0.1) is 12.7 Å². The van der Waals surface area contributed by atoms with Gasteiger partial charge in [-0.1, -0.05) is 6.07 Å². The van der Waals surface area contributed by atoms with E-state index in [2.05, 4.69) is 25.4 Å². The monoisotopic (exact) mass is 420 g/mol. The predicted molar refractivity (Wildman–Crippen MR) is 115 cm³/mol. The summed E-state index contributed by atoms with van der Waals surface area (Å²) in [5.41, 5.74) is 3.59. The molecule has 31 heavy (non-hydrogen) atoms. The van der Waals surface area contributed by atoms with Crippen molar-refractivity contribution in [1.82, 2.24) is 24.7 Å². The summed E-state index contributed by atoms with van der Waals surface area (Å²) in [6.07, 6.45) is 9.04. The Morgan fingerprint density at radius 2 is 1.97 bits per heavy atom. The SMILES string of the molecule is COc1ccc(-c2cnn(C)c2)cc1-c1cnc(NC(=O)c2cncc(F)c2C)cn1.[HH]. The van der Waals surface area contributed by atoms with Crippen LogP contribution in [-0.2, 0) is 7.05 Å². The van der Waals surface area contributed by atoms with Crippen molar-refractivity contribution in [2.24, 2.45) is 7.05 Å². The van der Waals surface area contributed by atoms with Crippen molar-refractivity contribution in [2.45, 2.75) is 6.92 Å². The van der Waals surface area contributed by atoms with Crippen molar-refractivity contribution >= 4 is 11.7 Å². The molecule has 158 valence electrons. The smallest absolute Gasteiger partial charge is 0.258 e. The molecule has 1 amide bonds. The molecule has 9 heteroatoms. The highest BCUT2D eigenvalue weighted by Crippen LogP contribution is 2.33. The van der Waals surface area contributed by atoms with Crippen molar-refractivity contribution in [3.63, 3.8) is 0 Å². The zero-order valence-corrected chi connectivity index (χ0v) is 17.1. The summed E-state index contributed by atoms with van der Waals surface area (Å²) in [6.45, 7) is 1.52. The average molecular weight is 420 g/mol. The molecule has 3 aromatic heterocycles. The van der Waals surface area contributed by atoms with Crippen LogP contribution in [0.25, 0.3) is 22.4 Å². The number of amides is 1. The Balaban J connectivity index is 0.00000289. The summed E-state index contributed by atoms with van der Waals surface area (Å²) in [5, 5.41) is 6.82. The second-order valence-corrected chi connectivity index (χ2v) is 6.85. The molecule has 3 heterocycles. The summed E-state index contributed by atoms with van der Waals surface area (Å²) in [5.74, 6) is -0.183. The molecule has 0 saturated heterocycles. The number of rotatable bonds is 5. The van der Waals surface area contributed by atoms with E-state index in [1.807, 2.05) is 31.4 Å². The van der Waals surface area contributed by atoms with Crippen LogP contribution in [0.1, 0.15) is 17.3 Å². The molecule has 0 unspecified atom stereocenters. The van der Waals surface area contributed by atoms with Gasteiger partial charge in [0.25, 0.3) is 5.91 Å². The third kappa shape index (κ3) is 4.11. The number of carbonyl (C=O) groups excluding carboxylic acids is 1. The number of carbonyl (C=O) groups is 1. The van der Waals surface area contributed by atoms with E-state index >= 15 is 0 Å². The number of halogens is 1. The number of nitrogens with zero attached hydrogens (tertiary/aromatic N) is 5. The van der Waals surface area contributed by atoms with Gasteiger partial charge in [-0.05, 0) is 24.6 Å². The van der Waals surface area contributed by atoms with Gasteiger partial charge in [0.2, 0.25) is 0 Å². The summed E-state index contributed by atoms with van der Waals surface area (Å²) in [6, 6.07) is 5.74. The lowest BCUT2D eigenvalue weighted by Crippen LogP contribution is -2.15. The molecule has 0 atom stereocenters. The lowest BCUT2D eigenvalue weighted by Gasteiger charge is -2.11. The molecule has 0 aliphatic carbocycles. The fourth-order valence-corrected chi connectivity index (χ4v) is 3.10. The van der Waals surface area contributed by atoms with Gasteiger partial charge in [0, 0.05) is 37.6 Å². The molecular formula is C22H21FN6O2. The van der Waals surface area contributed by atoms with E-state index < -0.39 is 11.7 Å². The van der Waals surface area contributed by atoms with Gasteiger partial charge in [0.1, 0.15) is 11.6 Å². The minimum atomic E-state index is -0.547. The first-order chi connectivity index (χ1) is 15.0. The Kier molecular flexibility index (Phi) is 5.40. The van der Waals surface area contributed by atoms with Crippen molar-refractivity contribution in [3.05, 3.63) is 72.3 Å². The molecule has 0 spiro atoms. The summed E-state index contributed by atoms with van der Waals surface area (Å²) in [4.78, 5) is 24.8. The van der Waals surface area contributed by atoms with Crippen molar-refractivity contribution in [2.75, 3.05) is 12.4 Å². The number of aryl methyl sites for hydroxylation is 1. The van der Waals surface area contributed by atoms with Crippen LogP contribution < -0.4 is 10.1 Å². The zero-order valence-electron chi connectivity index (χ0n) is 17.1. The average Bonchev–Trinajstić information content (AvgIpc) is 3.22. The molecule has 8 nitrogen and oxygen atoms in total. The Morgan fingerprint density at radius 1 is 1.13 bits per heavy atom. The van der Waals surface area contributed by atoms with Gasteiger partial charge in [0.05, 0.1) is 43.2 Å². The minimum absolute atomic E-state index is 0. The lowest BCUT2D eigenvalue weighted by atomic mass is 10.0. The van der Waals surface area contributed by atoms with E-state index in [-0.39, 0.29) is 18.4 Å². The van der Waals surface area contributed by atoms with Gasteiger partial charge in [-0.3, -0.25) is 19.4 Å².